The average Bonchev–Trinajstić information content (AvgIpc) is 2.40. The molecule has 2 aromatic carbocycles. The van der Waals surface area contributed by atoms with Crippen LogP contribution in [0.25, 0.3) is 0 Å². The predicted molar refractivity (Wildman–Crippen MR) is 67.6 cm³/mol. The molecule has 3 heteroatoms. The van der Waals surface area contributed by atoms with Gasteiger partial charge in [-0.25, -0.2) is 4.39 Å². The maximum absolute atomic E-state index is 13.7. The van der Waals surface area contributed by atoms with Gasteiger partial charge in [0.25, 0.3) is 0 Å². The minimum atomic E-state index is -0.517. The Morgan fingerprint density at radius 2 is 1.83 bits per heavy atom. The summed E-state index contributed by atoms with van der Waals surface area (Å²) in [5.41, 5.74) is 1.28. The number of carbonyl (C=O) groups is 1. The first-order chi connectivity index (χ1) is 8.63. The van der Waals surface area contributed by atoms with E-state index in [0.717, 1.165) is 5.56 Å². The fourth-order valence-electron chi connectivity index (χ4n) is 1.79. The highest BCUT2D eigenvalue weighted by atomic mass is 19.1. The van der Waals surface area contributed by atoms with E-state index < -0.39 is 5.82 Å². The molecule has 0 fully saturated rings. The van der Waals surface area contributed by atoms with E-state index >= 15 is 0 Å². The summed E-state index contributed by atoms with van der Waals surface area (Å²) in [4.78, 5) is 12.3. The number of halogens is 1. The number of carbonyl (C=O) groups excluding carboxylic acids is 1. The lowest BCUT2D eigenvalue weighted by Crippen LogP contribution is -2.06. The topological polar surface area (TPSA) is 26.3 Å². The molecule has 0 aliphatic heterocycles. The van der Waals surface area contributed by atoms with Crippen LogP contribution in [0.2, 0.25) is 0 Å². The van der Waals surface area contributed by atoms with Crippen LogP contribution in [0.1, 0.15) is 21.5 Å². The largest absolute Gasteiger partial charge is 0.496 e. The number of rotatable bonds is 3. The van der Waals surface area contributed by atoms with E-state index in [9.17, 15) is 9.18 Å². The molecule has 0 unspecified atom stereocenters. The lowest BCUT2D eigenvalue weighted by atomic mass is 10.0. The van der Waals surface area contributed by atoms with Gasteiger partial charge >= 0.3 is 0 Å². The molecule has 2 rings (SSSR count). The quantitative estimate of drug-likeness (QED) is 0.774. The summed E-state index contributed by atoms with van der Waals surface area (Å²) in [5, 5.41) is 0. The number of para-hydroxylation sites is 1. The first-order valence-corrected chi connectivity index (χ1v) is 5.57. The van der Waals surface area contributed by atoms with Gasteiger partial charge < -0.3 is 4.74 Å². The molecule has 0 N–H and O–H groups in total. The molecule has 0 spiro atoms. The molecule has 0 aliphatic rings. The van der Waals surface area contributed by atoms with Crippen LogP contribution in [0.4, 0.5) is 4.39 Å². The summed E-state index contributed by atoms with van der Waals surface area (Å²) in [6.07, 6.45) is 0. The zero-order valence-corrected chi connectivity index (χ0v) is 10.2. The number of benzene rings is 2. The Morgan fingerprint density at radius 3 is 2.56 bits per heavy atom. The zero-order chi connectivity index (χ0) is 13.1. The zero-order valence-electron chi connectivity index (χ0n) is 10.2. The van der Waals surface area contributed by atoms with Gasteiger partial charge in [0.15, 0.2) is 5.78 Å². The van der Waals surface area contributed by atoms with Crippen molar-refractivity contribution >= 4 is 5.78 Å². The van der Waals surface area contributed by atoms with Crippen LogP contribution in [-0.2, 0) is 0 Å². The Balaban J connectivity index is 2.51. The van der Waals surface area contributed by atoms with Gasteiger partial charge in [0, 0.05) is 0 Å². The van der Waals surface area contributed by atoms with Crippen LogP contribution in [0, 0.1) is 12.7 Å². The molecule has 18 heavy (non-hydrogen) atoms. The van der Waals surface area contributed by atoms with Crippen LogP contribution >= 0.6 is 0 Å². The molecule has 2 nitrogen and oxygen atoms in total. The number of ketones is 1. The summed E-state index contributed by atoms with van der Waals surface area (Å²) < 4.78 is 18.8. The molecule has 0 heterocycles. The van der Waals surface area contributed by atoms with Crippen LogP contribution in [-0.4, -0.2) is 12.9 Å². The molecule has 0 atom stereocenters. The third-order valence-electron chi connectivity index (χ3n) is 2.72. The van der Waals surface area contributed by atoms with Crippen LogP contribution < -0.4 is 4.74 Å². The van der Waals surface area contributed by atoms with Crippen molar-refractivity contribution in [1.29, 1.82) is 0 Å². The lowest BCUT2D eigenvalue weighted by Gasteiger charge is -2.08. The van der Waals surface area contributed by atoms with E-state index in [4.69, 9.17) is 4.74 Å². The Morgan fingerprint density at radius 1 is 1.11 bits per heavy atom. The second kappa shape index (κ2) is 5.00. The van der Waals surface area contributed by atoms with E-state index in [1.807, 2.05) is 6.92 Å². The number of hydrogen-bond donors (Lipinski definition) is 0. The smallest absolute Gasteiger partial charge is 0.199 e. The standard InChI is InChI=1S/C15H13FO2/c1-10-7-8-13(16)12(9-10)15(17)11-5-3-4-6-14(11)18-2/h3-9H,1-2H3. The van der Waals surface area contributed by atoms with E-state index in [1.165, 1.54) is 13.2 Å². The van der Waals surface area contributed by atoms with E-state index in [0.29, 0.717) is 11.3 Å². The molecule has 0 amide bonds. The Bertz CT molecular complexity index is 591. The predicted octanol–water partition coefficient (Wildman–Crippen LogP) is 3.37. The Hall–Kier alpha value is -2.16. The number of methoxy groups -OCH3 is 1. The van der Waals surface area contributed by atoms with Gasteiger partial charge in [0.05, 0.1) is 18.2 Å². The maximum Gasteiger partial charge on any atom is 0.199 e. The molecule has 0 aliphatic carbocycles. The molecule has 0 saturated carbocycles. The first-order valence-electron chi connectivity index (χ1n) is 5.57. The van der Waals surface area contributed by atoms with Crippen molar-refractivity contribution < 1.29 is 13.9 Å². The number of ether oxygens (including phenoxy) is 1. The Labute approximate surface area is 105 Å². The lowest BCUT2D eigenvalue weighted by molar-refractivity contribution is 0.103. The van der Waals surface area contributed by atoms with E-state index in [-0.39, 0.29) is 11.3 Å². The molecule has 2 aromatic rings. The number of hydrogen-bond acceptors (Lipinski definition) is 2. The molecule has 0 radical (unpaired) electrons. The minimum absolute atomic E-state index is 0.0690. The summed E-state index contributed by atoms with van der Waals surface area (Å²) in [7, 11) is 1.48. The monoisotopic (exact) mass is 244 g/mol. The third-order valence-corrected chi connectivity index (χ3v) is 2.72. The van der Waals surface area contributed by atoms with Gasteiger partial charge in [-0.15, -0.1) is 0 Å². The third kappa shape index (κ3) is 2.25. The van der Waals surface area contributed by atoms with Gasteiger partial charge in [0.1, 0.15) is 11.6 Å². The van der Waals surface area contributed by atoms with Gasteiger partial charge in [-0.3, -0.25) is 4.79 Å². The summed E-state index contributed by atoms with van der Waals surface area (Å²) >= 11 is 0. The van der Waals surface area contributed by atoms with Crippen LogP contribution in [0.15, 0.2) is 42.5 Å². The van der Waals surface area contributed by atoms with E-state index in [2.05, 4.69) is 0 Å². The highest BCUT2D eigenvalue weighted by Gasteiger charge is 2.17. The number of aryl methyl sites for hydroxylation is 1. The first kappa shape index (κ1) is 12.3. The molecular weight excluding hydrogens is 231 g/mol. The van der Waals surface area contributed by atoms with Crippen LogP contribution in [0.3, 0.4) is 0 Å². The molecule has 0 aromatic heterocycles. The van der Waals surface area contributed by atoms with Gasteiger partial charge in [-0.1, -0.05) is 23.8 Å². The normalized spacial score (nSPS) is 10.2. The van der Waals surface area contributed by atoms with Crippen molar-refractivity contribution in [2.24, 2.45) is 0 Å². The SMILES string of the molecule is COc1ccccc1C(=O)c1cc(C)ccc1F. The van der Waals surface area contributed by atoms with Gasteiger partial charge in [-0.05, 0) is 31.2 Å². The minimum Gasteiger partial charge on any atom is -0.496 e. The van der Waals surface area contributed by atoms with Crippen molar-refractivity contribution in [2.45, 2.75) is 6.92 Å². The van der Waals surface area contributed by atoms with Gasteiger partial charge in [-0.2, -0.15) is 0 Å². The molecular formula is C15H13FO2. The van der Waals surface area contributed by atoms with Crippen molar-refractivity contribution in [3.63, 3.8) is 0 Å². The summed E-state index contributed by atoms with van der Waals surface area (Å²) in [6.45, 7) is 1.82. The van der Waals surface area contributed by atoms with Crippen LogP contribution in [0.5, 0.6) is 5.75 Å². The second-order valence-corrected chi connectivity index (χ2v) is 4.01. The maximum atomic E-state index is 13.7. The van der Waals surface area contributed by atoms with Crippen molar-refractivity contribution in [1.82, 2.24) is 0 Å². The van der Waals surface area contributed by atoms with Crippen molar-refractivity contribution in [3.8, 4) is 5.75 Å². The fraction of sp³-hybridized carbons (Fsp3) is 0.133. The molecule has 0 saturated heterocycles. The summed E-state index contributed by atoms with van der Waals surface area (Å²) in [6, 6.07) is 11.3. The second-order valence-electron chi connectivity index (χ2n) is 4.01. The van der Waals surface area contributed by atoms with Crippen molar-refractivity contribution in [3.05, 3.63) is 65.0 Å². The average molecular weight is 244 g/mol. The molecule has 92 valence electrons. The highest BCUT2D eigenvalue weighted by molar-refractivity contribution is 6.10. The fourth-order valence-corrected chi connectivity index (χ4v) is 1.79. The van der Waals surface area contributed by atoms with Gasteiger partial charge in [0.2, 0.25) is 0 Å². The van der Waals surface area contributed by atoms with E-state index in [1.54, 1.807) is 36.4 Å². The highest BCUT2D eigenvalue weighted by Crippen LogP contribution is 2.22. The summed E-state index contributed by atoms with van der Waals surface area (Å²) in [5.74, 6) is -0.437. The van der Waals surface area contributed by atoms with Crippen molar-refractivity contribution in [2.75, 3.05) is 7.11 Å². The molecule has 0 bridgehead atoms. The Kier molecular flexibility index (Phi) is 3.42.